The van der Waals surface area contributed by atoms with Crippen molar-refractivity contribution in [1.82, 2.24) is 10.6 Å². The van der Waals surface area contributed by atoms with Crippen LogP contribution in [0, 0.1) is 5.92 Å². The van der Waals surface area contributed by atoms with E-state index in [2.05, 4.69) is 22.8 Å². The van der Waals surface area contributed by atoms with Crippen molar-refractivity contribution in [2.45, 2.75) is 32.1 Å². The number of methoxy groups -OCH3 is 1. The minimum Gasteiger partial charge on any atom is -0.497 e. The molecule has 2 rings (SSSR count). The average Bonchev–Trinajstić information content (AvgIpc) is 3.03. The van der Waals surface area contributed by atoms with Gasteiger partial charge in [-0.05, 0) is 62.4 Å². The van der Waals surface area contributed by atoms with Crippen molar-refractivity contribution in [1.29, 1.82) is 0 Å². The molecule has 4 heteroatoms. The molecular weight excluding hydrogens is 264 g/mol. The molecule has 1 aromatic rings. The van der Waals surface area contributed by atoms with Crippen molar-refractivity contribution in [2.75, 3.05) is 26.7 Å². The predicted octanol–water partition coefficient (Wildman–Crippen LogP) is 2.13. The number of carbonyl (C=O) groups excluding carboxylic acids is 1. The summed E-state index contributed by atoms with van der Waals surface area (Å²) in [4.78, 5) is 11.7. The van der Waals surface area contributed by atoms with Gasteiger partial charge in [-0.1, -0.05) is 12.1 Å². The summed E-state index contributed by atoms with van der Waals surface area (Å²) in [5.74, 6) is 1.76. The summed E-state index contributed by atoms with van der Waals surface area (Å²) in [7, 11) is 1.67. The van der Waals surface area contributed by atoms with Gasteiger partial charge in [0, 0.05) is 13.0 Å². The van der Waals surface area contributed by atoms with Crippen molar-refractivity contribution in [3.05, 3.63) is 29.8 Å². The van der Waals surface area contributed by atoms with Gasteiger partial charge < -0.3 is 15.4 Å². The first kappa shape index (κ1) is 15.8. The van der Waals surface area contributed by atoms with Crippen LogP contribution in [0.4, 0.5) is 0 Å². The summed E-state index contributed by atoms with van der Waals surface area (Å²) in [5, 5.41) is 6.35. The third kappa shape index (κ3) is 5.76. The molecule has 0 bridgehead atoms. The minimum atomic E-state index is 0.191. The van der Waals surface area contributed by atoms with Crippen molar-refractivity contribution in [3.8, 4) is 5.75 Å². The van der Waals surface area contributed by atoms with Gasteiger partial charge in [-0.2, -0.15) is 0 Å². The maximum atomic E-state index is 11.7. The molecule has 0 radical (unpaired) electrons. The number of ether oxygens (including phenoxy) is 1. The average molecular weight is 290 g/mol. The van der Waals surface area contributed by atoms with Crippen LogP contribution >= 0.6 is 0 Å². The number of benzene rings is 1. The second-order valence-electron chi connectivity index (χ2n) is 5.70. The third-order valence-corrected chi connectivity index (χ3v) is 4.07. The van der Waals surface area contributed by atoms with Gasteiger partial charge in [0.2, 0.25) is 5.91 Å². The van der Waals surface area contributed by atoms with Crippen LogP contribution in [-0.2, 0) is 11.2 Å². The van der Waals surface area contributed by atoms with E-state index < -0.39 is 0 Å². The highest BCUT2D eigenvalue weighted by Gasteiger charge is 2.15. The molecule has 0 aromatic heterocycles. The largest absolute Gasteiger partial charge is 0.497 e. The van der Waals surface area contributed by atoms with Gasteiger partial charge in [0.1, 0.15) is 5.75 Å². The SMILES string of the molecule is COc1ccc(CCCNC(=O)CCC2CCNC2)cc1. The maximum Gasteiger partial charge on any atom is 0.220 e. The Hall–Kier alpha value is -1.55. The number of hydrogen-bond donors (Lipinski definition) is 2. The molecule has 1 aromatic carbocycles. The molecule has 1 aliphatic heterocycles. The molecular formula is C17H26N2O2. The Morgan fingerprint density at radius 3 is 2.86 bits per heavy atom. The van der Waals surface area contributed by atoms with Crippen LogP contribution in [0.1, 0.15) is 31.2 Å². The Morgan fingerprint density at radius 2 is 2.19 bits per heavy atom. The molecule has 0 aliphatic carbocycles. The first-order valence-electron chi connectivity index (χ1n) is 7.88. The zero-order valence-corrected chi connectivity index (χ0v) is 12.9. The van der Waals surface area contributed by atoms with Crippen LogP contribution in [0.5, 0.6) is 5.75 Å². The summed E-state index contributed by atoms with van der Waals surface area (Å²) >= 11 is 0. The zero-order valence-electron chi connectivity index (χ0n) is 12.9. The molecule has 0 spiro atoms. The first-order valence-corrected chi connectivity index (χ1v) is 7.88. The van der Waals surface area contributed by atoms with E-state index >= 15 is 0 Å². The van der Waals surface area contributed by atoms with E-state index in [1.807, 2.05) is 12.1 Å². The van der Waals surface area contributed by atoms with Crippen LogP contribution in [0.25, 0.3) is 0 Å². The van der Waals surface area contributed by atoms with Gasteiger partial charge in [0.15, 0.2) is 0 Å². The monoisotopic (exact) mass is 290 g/mol. The number of carbonyl (C=O) groups is 1. The van der Waals surface area contributed by atoms with Crippen molar-refractivity contribution in [2.24, 2.45) is 5.92 Å². The smallest absolute Gasteiger partial charge is 0.220 e. The lowest BCUT2D eigenvalue weighted by molar-refractivity contribution is -0.121. The third-order valence-electron chi connectivity index (χ3n) is 4.07. The molecule has 2 N–H and O–H groups in total. The Balaban J connectivity index is 1.54. The van der Waals surface area contributed by atoms with Crippen LogP contribution in [0.15, 0.2) is 24.3 Å². The molecule has 116 valence electrons. The van der Waals surface area contributed by atoms with E-state index in [1.165, 1.54) is 12.0 Å². The van der Waals surface area contributed by atoms with Crippen LogP contribution in [0.2, 0.25) is 0 Å². The molecule has 1 fully saturated rings. The van der Waals surface area contributed by atoms with Crippen LogP contribution in [-0.4, -0.2) is 32.7 Å². The number of aryl methyl sites for hydroxylation is 1. The van der Waals surface area contributed by atoms with E-state index in [-0.39, 0.29) is 5.91 Å². The van der Waals surface area contributed by atoms with Crippen molar-refractivity contribution >= 4 is 5.91 Å². The fraction of sp³-hybridized carbons (Fsp3) is 0.588. The van der Waals surface area contributed by atoms with Gasteiger partial charge in [-0.3, -0.25) is 4.79 Å². The topological polar surface area (TPSA) is 50.4 Å². The summed E-state index contributed by atoms with van der Waals surface area (Å²) in [6, 6.07) is 8.11. The maximum absolute atomic E-state index is 11.7. The predicted molar refractivity (Wildman–Crippen MR) is 84.5 cm³/mol. The molecule has 4 nitrogen and oxygen atoms in total. The molecule has 21 heavy (non-hydrogen) atoms. The van der Waals surface area contributed by atoms with Crippen LogP contribution in [0.3, 0.4) is 0 Å². The summed E-state index contributed by atoms with van der Waals surface area (Å²) in [6.45, 7) is 2.94. The van der Waals surface area contributed by atoms with Gasteiger partial charge >= 0.3 is 0 Å². The number of rotatable bonds is 8. The molecule has 1 aliphatic rings. The quantitative estimate of drug-likeness (QED) is 0.721. The normalized spacial score (nSPS) is 17.7. The number of hydrogen-bond acceptors (Lipinski definition) is 3. The highest BCUT2D eigenvalue weighted by molar-refractivity contribution is 5.75. The lowest BCUT2D eigenvalue weighted by Gasteiger charge is -2.09. The second-order valence-corrected chi connectivity index (χ2v) is 5.70. The summed E-state index contributed by atoms with van der Waals surface area (Å²) in [5.41, 5.74) is 1.28. The lowest BCUT2D eigenvalue weighted by Crippen LogP contribution is -2.25. The lowest BCUT2D eigenvalue weighted by atomic mass is 10.0. The molecule has 0 saturated carbocycles. The summed E-state index contributed by atoms with van der Waals surface area (Å²) < 4.78 is 5.13. The van der Waals surface area contributed by atoms with E-state index in [0.29, 0.717) is 12.3 Å². The van der Waals surface area contributed by atoms with E-state index in [0.717, 1.165) is 44.6 Å². The second kappa shape index (κ2) is 8.67. The Morgan fingerprint density at radius 1 is 1.38 bits per heavy atom. The van der Waals surface area contributed by atoms with E-state index in [9.17, 15) is 4.79 Å². The number of nitrogens with one attached hydrogen (secondary N) is 2. The first-order chi connectivity index (χ1) is 10.3. The van der Waals surface area contributed by atoms with Gasteiger partial charge in [0.05, 0.1) is 7.11 Å². The van der Waals surface area contributed by atoms with Gasteiger partial charge in [-0.15, -0.1) is 0 Å². The standard InChI is InChI=1S/C17H26N2O2/c1-21-16-7-4-14(5-8-16)3-2-11-19-17(20)9-6-15-10-12-18-13-15/h4-5,7-8,15,18H,2-3,6,9-13H2,1H3,(H,19,20). The summed E-state index contributed by atoms with van der Waals surface area (Å²) in [6.07, 6.45) is 4.84. The van der Waals surface area contributed by atoms with Crippen LogP contribution < -0.4 is 15.4 Å². The fourth-order valence-electron chi connectivity index (χ4n) is 2.70. The van der Waals surface area contributed by atoms with Gasteiger partial charge in [-0.25, -0.2) is 0 Å². The van der Waals surface area contributed by atoms with Crippen molar-refractivity contribution < 1.29 is 9.53 Å². The minimum absolute atomic E-state index is 0.191. The Labute approximate surface area is 127 Å². The van der Waals surface area contributed by atoms with E-state index in [4.69, 9.17) is 4.74 Å². The number of amides is 1. The molecule has 1 heterocycles. The molecule has 1 saturated heterocycles. The molecule has 1 amide bonds. The fourth-order valence-corrected chi connectivity index (χ4v) is 2.70. The molecule has 1 atom stereocenters. The Bertz CT molecular complexity index is 425. The van der Waals surface area contributed by atoms with E-state index in [1.54, 1.807) is 7.11 Å². The zero-order chi connectivity index (χ0) is 14.9. The highest BCUT2D eigenvalue weighted by Crippen LogP contribution is 2.14. The van der Waals surface area contributed by atoms with Crippen molar-refractivity contribution in [3.63, 3.8) is 0 Å². The molecule has 1 unspecified atom stereocenters. The highest BCUT2D eigenvalue weighted by atomic mass is 16.5. The van der Waals surface area contributed by atoms with Gasteiger partial charge in [0.25, 0.3) is 0 Å². The Kier molecular flexibility index (Phi) is 6.54.